The molecule has 0 amide bonds. The van der Waals surface area contributed by atoms with E-state index < -0.39 is 5.97 Å². The monoisotopic (exact) mass is 235 g/mol. The second kappa shape index (κ2) is 3.19. The first-order chi connectivity index (χ1) is 5.13. The van der Waals surface area contributed by atoms with Crippen LogP contribution in [-0.4, -0.2) is 16.1 Å². The Hall–Kier alpha value is -0.610. The smallest absolute Gasteiger partial charge is 0.355 e. The van der Waals surface area contributed by atoms with E-state index in [4.69, 9.17) is 16.7 Å². The molecule has 0 radical (unpaired) electrons. The third-order valence-corrected chi connectivity index (χ3v) is 2.39. The molecule has 0 aromatic carbocycles. The van der Waals surface area contributed by atoms with Crippen LogP contribution in [0.25, 0.3) is 0 Å². The molecule has 1 heterocycles. The van der Waals surface area contributed by atoms with Crippen LogP contribution >= 0.6 is 27.5 Å². The van der Waals surface area contributed by atoms with Crippen LogP contribution < -0.4 is 0 Å². The van der Waals surface area contributed by atoms with Crippen molar-refractivity contribution in [1.29, 1.82) is 0 Å². The van der Waals surface area contributed by atoms with Gasteiger partial charge in [0.05, 0.1) is 9.50 Å². The summed E-state index contributed by atoms with van der Waals surface area (Å²) in [6.45, 7) is 0. The predicted molar refractivity (Wildman–Crippen MR) is 43.9 cm³/mol. The van der Waals surface area contributed by atoms with E-state index in [1.165, 1.54) is 12.3 Å². The van der Waals surface area contributed by atoms with Gasteiger partial charge in [0.2, 0.25) is 0 Å². The van der Waals surface area contributed by atoms with E-state index in [9.17, 15) is 4.79 Å². The number of carbonyl (C=O) groups is 1. The zero-order valence-corrected chi connectivity index (χ0v) is 7.56. The molecule has 0 unspecified atom stereocenters. The minimum absolute atomic E-state index is 0.0718. The van der Waals surface area contributed by atoms with Gasteiger partial charge in [0.25, 0.3) is 0 Å². The number of nitrogens with zero attached hydrogens (tertiary/aromatic N) is 1. The fraction of sp³-hybridized carbons (Fsp3) is 0. The van der Waals surface area contributed by atoms with Crippen molar-refractivity contribution < 1.29 is 9.90 Å². The van der Waals surface area contributed by atoms with Gasteiger partial charge < -0.3 is 5.11 Å². The topological polar surface area (TPSA) is 50.2 Å². The Kier molecular flexibility index (Phi) is 2.46. The van der Waals surface area contributed by atoms with Gasteiger partial charge in [-0.05, 0) is 22.0 Å². The summed E-state index contributed by atoms with van der Waals surface area (Å²) in [7, 11) is 0. The van der Waals surface area contributed by atoms with Crippen molar-refractivity contribution in [1.82, 2.24) is 4.98 Å². The third-order valence-electron chi connectivity index (χ3n) is 1.04. The second-order valence-corrected chi connectivity index (χ2v) is 2.96. The van der Waals surface area contributed by atoms with E-state index in [0.717, 1.165) is 0 Å². The van der Waals surface area contributed by atoms with Crippen molar-refractivity contribution in [3.05, 3.63) is 27.5 Å². The fourth-order valence-electron chi connectivity index (χ4n) is 0.569. The van der Waals surface area contributed by atoms with Gasteiger partial charge in [-0.1, -0.05) is 11.6 Å². The first kappa shape index (κ1) is 8.49. The summed E-state index contributed by atoms with van der Waals surface area (Å²) in [6.07, 6.45) is 1.34. The summed E-state index contributed by atoms with van der Waals surface area (Å²) in [4.78, 5) is 14.0. The minimum atomic E-state index is -1.10. The molecule has 3 nitrogen and oxygen atoms in total. The van der Waals surface area contributed by atoms with Crippen LogP contribution in [0.4, 0.5) is 0 Å². The van der Waals surface area contributed by atoms with Gasteiger partial charge in [-0.25, -0.2) is 9.78 Å². The van der Waals surface area contributed by atoms with Crippen LogP contribution in [0.15, 0.2) is 16.7 Å². The number of aromatic nitrogens is 1. The largest absolute Gasteiger partial charge is 0.476 e. The summed E-state index contributed by atoms with van der Waals surface area (Å²) in [5, 5.41) is 8.88. The number of carboxylic acid groups (broad SMARTS) is 1. The molecule has 5 heteroatoms. The highest BCUT2D eigenvalue weighted by molar-refractivity contribution is 9.10. The average Bonchev–Trinajstić information content (AvgIpc) is 1.94. The normalized spacial score (nSPS) is 9.64. The molecule has 0 fully saturated rings. The van der Waals surface area contributed by atoms with Gasteiger partial charge in [-0.15, -0.1) is 0 Å². The summed E-state index contributed by atoms with van der Waals surface area (Å²) in [5.74, 6) is -1.10. The van der Waals surface area contributed by atoms with E-state index in [1.54, 1.807) is 0 Å². The highest BCUT2D eigenvalue weighted by Crippen LogP contribution is 2.23. The highest BCUT2D eigenvalue weighted by atomic mass is 79.9. The van der Waals surface area contributed by atoms with Crippen molar-refractivity contribution in [2.45, 2.75) is 0 Å². The lowest BCUT2D eigenvalue weighted by molar-refractivity contribution is 0.0689. The van der Waals surface area contributed by atoms with Crippen molar-refractivity contribution >= 4 is 33.5 Å². The van der Waals surface area contributed by atoms with Crippen LogP contribution in [0.1, 0.15) is 10.5 Å². The quantitative estimate of drug-likeness (QED) is 0.813. The first-order valence-corrected chi connectivity index (χ1v) is 3.83. The summed E-state index contributed by atoms with van der Waals surface area (Å²) in [5.41, 5.74) is -0.0718. The second-order valence-electron chi connectivity index (χ2n) is 1.76. The lowest BCUT2D eigenvalue weighted by Crippen LogP contribution is -2.00. The molecule has 0 saturated heterocycles. The molecule has 0 aliphatic rings. The van der Waals surface area contributed by atoms with Gasteiger partial charge in [-0.2, -0.15) is 0 Å². The number of carboxylic acids is 1. The number of hydrogen-bond donors (Lipinski definition) is 1. The number of aromatic carboxylic acids is 1. The van der Waals surface area contributed by atoms with E-state index in [1.807, 2.05) is 0 Å². The van der Waals surface area contributed by atoms with Crippen molar-refractivity contribution in [3.63, 3.8) is 0 Å². The Bertz CT molecular complexity index is 303. The molecule has 1 N–H and O–H groups in total. The molecule has 11 heavy (non-hydrogen) atoms. The fourth-order valence-corrected chi connectivity index (χ4v) is 1.12. The summed E-state index contributed by atoms with van der Waals surface area (Å²) >= 11 is 8.61. The maximum absolute atomic E-state index is 10.4. The van der Waals surface area contributed by atoms with E-state index in [-0.39, 0.29) is 5.69 Å². The zero-order valence-electron chi connectivity index (χ0n) is 5.21. The van der Waals surface area contributed by atoms with Crippen LogP contribution in [0.5, 0.6) is 0 Å². The van der Waals surface area contributed by atoms with E-state index in [0.29, 0.717) is 9.50 Å². The zero-order chi connectivity index (χ0) is 8.43. The molecule has 0 spiro atoms. The molecule has 1 rings (SSSR count). The predicted octanol–water partition coefficient (Wildman–Crippen LogP) is 2.20. The van der Waals surface area contributed by atoms with Crippen LogP contribution in [0.3, 0.4) is 0 Å². The number of hydrogen-bond acceptors (Lipinski definition) is 2. The minimum Gasteiger partial charge on any atom is -0.476 e. The van der Waals surface area contributed by atoms with Crippen LogP contribution in [0.2, 0.25) is 5.02 Å². The van der Waals surface area contributed by atoms with Crippen LogP contribution in [-0.2, 0) is 0 Å². The molecular weight excluding hydrogens is 233 g/mol. The lowest BCUT2D eigenvalue weighted by Gasteiger charge is -1.97. The van der Waals surface area contributed by atoms with Crippen molar-refractivity contribution in [3.8, 4) is 0 Å². The Morgan fingerprint density at radius 2 is 2.36 bits per heavy atom. The Balaban J connectivity index is 3.27. The van der Waals surface area contributed by atoms with Gasteiger partial charge in [0.15, 0.2) is 5.69 Å². The number of rotatable bonds is 1. The molecule has 0 aliphatic heterocycles. The molecule has 58 valence electrons. The van der Waals surface area contributed by atoms with Gasteiger partial charge in [0.1, 0.15) is 0 Å². The van der Waals surface area contributed by atoms with Gasteiger partial charge in [0, 0.05) is 6.20 Å². The first-order valence-electron chi connectivity index (χ1n) is 2.66. The maximum atomic E-state index is 10.4. The summed E-state index contributed by atoms with van der Waals surface area (Å²) < 4.78 is 0.314. The van der Waals surface area contributed by atoms with Gasteiger partial charge in [-0.3, -0.25) is 0 Å². The van der Waals surface area contributed by atoms with Crippen molar-refractivity contribution in [2.75, 3.05) is 0 Å². The van der Waals surface area contributed by atoms with Crippen LogP contribution in [0, 0.1) is 0 Å². The van der Waals surface area contributed by atoms with E-state index in [2.05, 4.69) is 20.9 Å². The SMILES string of the molecule is O=C(O)c1nccc(Cl)c1Br. The molecular formula is C6H3BrClNO2. The molecule has 0 aliphatic carbocycles. The molecule has 0 saturated carbocycles. The average molecular weight is 236 g/mol. The third kappa shape index (κ3) is 1.70. The molecule has 1 aromatic heterocycles. The standard InChI is InChI=1S/C6H3BrClNO2/c7-4-3(8)1-2-9-5(4)6(10)11/h1-2H,(H,10,11). The number of pyridine rings is 1. The Morgan fingerprint density at radius 3 is 2.82 bits per heavy atom. The van der Waals surface area contributed by atoms with E-state index >= 15 is 0 Å². The van der Waals surface area contributed by atoms with Gasteiger partial charge >= 0.3 is 5.97 Å². The lowest BCUT2D eigenvalue weighted by atomic mass is 10.3. The van der Waals surface area contributed by atoms with Crippen molar-refractivity contribution in [2.24, 2.45) is 0 Å². The Labute approximate surface area is 76.1 Å². The molecule has 0 atom stereocenters. The highest BCUT2D eigenvalue weighted by Gasteiger charge is 2.11. The molecule has 1 aromatic rings. The Morgan fingerprint density at radius 1 is 1.73 bits per heavy atom. The summed E-state index contributed by atoms with van der Waals surface area (Å²) in [6, 6.07) is 1.51. The molecule has 0 bridgehead atoms. The maximum Gasteiger partial charge on any atom is 0.355 e. The number of halogens is 2.